The van der Waals surface area contributed by atoms with Crippen LogP contribution in [0.15, 0.2) is 40.9 Å². The quantitative estimate of drug-likeness (QED) is 0.736. The summed E-state index contributed by atoms with van der Waals surface area (Å²) in [6.45, 7) is 4.49. The van der Waals surface area contributed by atoms with Gasteiger partial charge in [-0.15, -0.1) is 0 Å². The van der Waals surface area contributed by atoms with Gasteiger partial charge in [0.25, 0.3) is 5.91 Å². The molecule has 0 fully saturated rings. The van der Waals surface area contributed by atoms with Crippen LogP contribution < -0.4 is 16.4 Å². The standard InChI is InChI=1S/C16H18BrN3O/c1-3-19-16(21)12-6-5-11(18)9-15(12)20-14-7-4-10(2)8-13(14)17/h4-9,20H,3,18H2,1-2H3,(H,19,21). The summed E-state index contributed by atoms with van der Waals surface area (Å²) in [7, 11) is 0. The van der Waals surface area contributed by atoms with E-state index in [-0.39, 0.29) is 5.91 Å². The number of amides is 1. The highest BCUT2D eigenvalue weighted by Crippen LogP contribution is 2.29. The molecule has 0 heterocycles. The van der Waals surface area contributed by atoms with Gasteiger partial charge in [-0.1, -0.05) is 6.07 Å². The van der Waals surface area contributed by atoms with E-state index in [2.05, 4.69) is 26.6 Å². The number of carbonyl (C=O) groups excluding carboxylic acids is 1. The molecule has 4 N–H and O–H groups in total. The van der Waals surface area contributed by atoms with Crippen molar-refractivity contribution in [3.05, 3.63) is 52.0 Å². The number of nitrogens with one attached hydrogen (secondary N) is 2. The summed E-state index contributed by atoms with van der Waals surface area (Å²) in [5.74, 6) is -0.122. The first kappa shape index (κ1) is 15.4. The van der Waals surface area contributed by atoms with Crippen molar-refractivity contribution < 1.29 is 4.79 Å². The van der Waals surface area contributed by atoms with Gasteiger partial charge in [0.1, 0.15) is 0 Å². The molecule has 0 aliphatic rings. The first-order valence-electron chi connectivity index (χ1n) is 6.72. The Labute approximate surface area is 132 Å². The fourth-order valence-corrected chi connectivity index (χ4v) is 2.58. The van der Waals surface area contributed by atoms with Crippen molar-refractivity contribution in [2.24, 2.45) is 0 Å². The van der Waals surface area contributed by atoms with Gasteiger partial charge in [-0.3, -0.25) is 4.79 Å². The van der Waals surface area contributed by atoms with Crippen molar-refractivity contribution in [1.29, 1.82) is 0 Å². The van der Waals surface area contributed by atoms with Crippen LogP contribution in [0.5, 0.6) is 0 Å². The van der Waals surface area contributed by atoms with Crippen LogP contribution >= 0.6 is 15.9 Å². The van der Waals surface area contributed by atoms with E-state index in [1.807, 2.05) is 32.0 Å². The van der Waals surface area contributed by atoms with E-state index in [1.165, 1.54) is 0 Å². The Kier molecular flexibility index (Phi) is 4.85. The fraction of sp³-hybridized carbons (Fsp3) is 0.188. The van der Waals surface area contributed by atoms with Gasteiger partial charge in [-0.2, -0.15) is 0 Å². The average Bonchev–Trinajstić information content (AvgIpc) is 2.42. The summed E-state index contributed by atoms with van der Waals surface area (Å²) >= 11 is 3.52. The Morgan fingerprint density at radius 2 is 1.95 bits per heavy atom. The van der Waals surface area contributed by atoms with Crippen LogP contribution in [0.3, 0.4) is 0 Å². The fourth-order valence-electron chi connectivity index (χ4n) is 1.99. The number of hydrogen-bond donors (Lipinski definition) is 3. The van der Waals surface area contributed by atoms with Gasteiger partial charge in [0.15, 0.2) is 0 Å². The molecular weight excluding hydrogens is 330 g/mol. The van der Waals surface area contributed by atoms with Crippen LogP contribution in [0.25, 0.3) is 0 Å². The van der Waals surface area contributed by atoms with E-state index in [4.69, 9.17) is 5.73 Å². The summed E-state index contributed by atoms with van der Waals surface area (Å²) in [4.78, 5) is 12.1. The summed E-state index contributed by atoms with van der Waals surface area (Å²) < 4.78 is 0.937. The highest BCUT2D eigenvalue weighted by atomic mass is 79.9. The summed E-state index contributed by atoms with van der Waals surface area (Å²) in [6.07, 6.45) is 0. The predicted octanol–water partition coefficient (Wildman–Crippen LogP) is 3.83. The molecule has 1 amide bonds. The average molecular weight is 348 g/mol. The van der Waals surface area contributed by atoms with Gasteiger partial charge in [0.2, 0.25) is 0 Å². The van der Waals surface area contributed by atoms with E-state index in [0.717, 1.165) is 15.7 Å². The molecule has 0 unspecified atom stereocenters. The number of benzene rings is 2. The highest BCUT2D eigenvalue weighted by Gasteiger charge is 2.12. The molecule has 0 saturated heterocycles. The van der Waals surface area contributed by atoms with Gasteiger partial charge in [-0.05, 0) is 65.7 Å². The lowest BCUT2D eigenvalue weighted by Gasteiger charge is -2.14. The molecule has 0 aliphatic heterocycles. The van der Waals surface area contributed by atoms with E-state index < -0.39 is 0 Å². The molecule has 4 nitrogen and oxygen atoms in total. The lowest BCUT2D eigenvalue weighted by molar-refractivity contribution is 0.0956. The van der Waals surface area contributed by atoms with Crippen molar-refractivity contribution in [1.82, 2.24) is 5.32 Å². The Morgan fingerprint density at radius 3 is 2.62 bits per heavy atom. The maximum Gasteiger partial charge on any atom is 0.253 e. The molecule has 0 aliphatic carbocycles. The lowest BCUT2D eigenvalue weighted by atomic mass is 10.1. The predicted molar refractivity (Wildman–Crippen MR) is 91.0 cm³/mol. The van der Waals surface area contributed by atoms with E-state index in [0.29, 0.717) is 23.5 Å². The van der Waals surface area contributed by atoms with Crippen LogP contribution in [0.1, 0.15) is 22.8 Å². The second-order valence-electron chi connectivity index (χ2n) is 4.77. The topological polar surface area (TPSA) is 67.2 Å². The van der Waals surface area contributed by atoms with Crippen molar-refractivity contribution in [3.63, 3.8) is 0 Å². The third-order valence-corrected chi connectivity index (χ3v) is 3.68. The smallest absolute Gasteiger partial charge is 0.253 e. The van der Waals surface area contributed by atoms with Crippen LogP contribution in [0, 0.1) is 6.92 Å². The molecule has 110 valence electrons. The van der Waals surface area contributed by atoms with Gasteiger partial charge in [0, 0.05) is 16.7 Å². The van der Waals surface area contributed by atoms with E-state index in [9.17, 15) is 4.79 Å². The van der Waals surface area contributed by atoms with Gasteiger partial charge < -0.3 is 16.4 Å². The Balaban J connectivity index is 2.38. The number of hydrogen-bond acceptors (Lipinski definition) is 3. The number of halogens is 1. The van der Waals surface area contributed by atoms with Crippen LogP contribution in [-0.4, -0.2) is 12.5 Å². The maximum absolute atomic E-state index is 12.1. The zero-order chi connectivity index (χ0) is 15.4. The molecule has 2 aromatic rings. The van der Waals surface area contributed by atoms with Crippen LogP contribution in [-0.2, 0) is 0 Å². The highest BCUT2D eigenvalue weighted by molar-refractivity contribution is 9.10. The maximum atomic E-state index is 12.1. The second-order valence-corrected chi connectivity index (χ2v) is 5.63. The number of carbonyl (C=O) groups is 1. The molecule has 0 saturated carbocycles. The van der Waals surface area contributed by atoms with Gasteiger partial charge >= 0.3 is 0 Å². The molecule has 0 radical (unpaired) electrons. The second kappa shape index (κ2) is 6.63. The van der Waals surface area contributed by atoms with Crippen LogP contribution in [0.2, 0.25) is 0 Å². The molecule has 0 spiro atoms. The number of rotatable bonds is 4. The molecule has 0 atom stereocenters. The van der Waals surface area contributed by atoms with E-state index in [1.54, 1.807) is 18.2 Å². The molecule has 5 heteroatoms. The van der Waals surface area contributed by atoms with Crippen LogP contribution in [0.4, 0.5) is 17.1 Å². The van der Waals surface area contributed by atoms with Crippen molar-refractivity contribution in [3.8, 4) is 0 Å². The Hall–Kier alpha value is -2.01. The number of nitrogens with two attached hydrogens (primary N) is 1. The zero-order valence-electron chi connectivity index (χ0n) is 12.0. The molecule has 0 aromatic heterocycles. The molecular formula is C16H18BrN3O. The minimum atomic E-state index is -0.122. The summed E-state index contributed by atoms with van der Waals surface area (Å²) in [5, 5.41) is 6.06. The van der Waals surface area contributed by atoms with Crippen molar-refractivity contribution in [2.75, 3.05) is 17.6 Å². The largest absolute Gasteiger partial charge is 0.399 e. The van der Waals surface area contributed by atoms with Gasteiger partial charge in [0.05, 0.1) is 16.9 Å². The first-order chi connectivity index (χ1) is 10.0. The molecule has 2 rings (SSSR count). The first-order valence-corrected chi connectivity index (χ1v) is 7.51. The SMILES string of the molecule is CCNC(=O)c1ccc(N)cc1Nc1ccc(C)cc1Br. The van der Waals surface area contributed by atoms with E-state index >= 15 is 0 Å². The monoisotopic (exact) mass is 347 g/mol. The van der Waals surface area contributed by atoms with Gasteiger partial charge in [-0.25, -0.2) is 0 Å². The minimum absolute atomic E-state index is 0.122. The molecule has 21 heavy (non-hydrogen) atoms. The summed E-state index contributed by atoms with van der Waals surface area (Å²) in [6, 6.07) is 11.2. The number of nitrogen functional groups attached to an aromatic ring is 1. The number of aryl methyl sites for hydroxylation is 1. The molecule has 2 aromatic carbocycles. The van der Waals surface area contributed by atoms with Crippen molar-refractivity contribution >= 4 is 38.9 Å². The number of anilines is 3. The summed E-state index contributed by atoms with van der Waals surface area (Å²) in [5.41, 5.74) is 9.74. The van der Waals surface area contributed by atoms with Crippen molar-refractivity contribution in [2.45, 2.75) is 13.8 Å². The zero-order valence-corrected chi connectivity index (χ0v) is 13.6. The third-order valence-electron chi connectivity index (χ3n) is 3.02. The third kappa shape index (κ3) is 3.76. The Morgan fingerprint density at radius 1 is 1.19 bits per heavy atom. The lowest BCUT2D eigenvalue weighted by Crippen LogP contribution is -2.23. The Bertz CT molecular complexity index is 671. The normalized spacial score (nSPS) is 10.2. The minimum Gasteiger partial charge on any atom is -0.399 e. The molecule has 0 bridgehead atoms.